The van der Waals surface area contributed by atoms with Crippen LogP contribution in [0.25, 0.3) is 0 Å². The van der Waals surface area contributed by atoms with E-state index in [0.717, 1.165) is 5.56 Å². The Hall–Kier alpha value is -1.33. The number of anilines is 2. The Morgan fingerprint density at radius 3 is 2.50 bits per heavy atom. The SMILES string of the molecule is CCC(CO)(CO)Nc1cc(C)c(N)cn1. The number of hydrogen-bond donors (Lipinski definition) is 4. The van der Waals surface area contributed by atoms with Gasteiger partial charge in [0, 0.05) is 0 Å². The third-order valence-corrected chi connectivity index (χ3v) is 2.83. The number of pyridine rings is 1. The summed E-state index contributed by atoms with van der Waals surface area (Å²) in [7, 11) is 0. The highest BCUT2D eigenvalue weighted by Crippen LogP contribution is 2.19. The summed E-state index contributed by atoms with van der Waals surface area (Å²) in [5, 5.41) is 21.6. The van der Waals surface area contributed by atoms with Crippen LogP contribution in [0.15, 0.2) is 12.3 Å². The molecule has 0 saturated heterocycles. The van der Waals surface area contributed by atoms with E-state index in [2.05, 4.69) is 10.3 Å². The van der Waals surface area contributed by atoms with Crippen LogP contribution >= 0.6 is 0 Å². The number of rotatable bonds is 5. The normalized spacial score (nSPS) is 11.5. The third kappa shape index (κ3) is 2.62. The molecule has 0 aliphatic carbocycles. The van der Waals surface area contributed by atoms with E-state index in [1.165, 1.54) is 0 Å². The average molecular weight is 225 g/mol. The van der Waals surface area contributed by atoms with Crippen LogP contribution in [-0.2, 0) is 0 Å². The molecule has 0 saturated carbocycles. The maximum atomic E-state index is 9.29. The molecule has 0 spiro atoms. The number of aliphatic hydroxyl groups excluding tert-OH is 2. The van der Waals surface area contributed by atoms with Crippen LogP contribution in [0.5, 0.6) is 0 Å². The maximum absolute atomic E-state index is 9.29. The van der Waals surface area contributed by atoms with Gasteiger partial charge in [-0.15, -0.1) is 0 Å². The number of nitrogen functional groups attached to an aromatic ring is 1. The van der Waals surface area contributed by atoms with Crippen LogP contribution in [0.1, 0.15) is 18.9 Å². The fraction of sp³-hybridized carbons (Fsp3) is 0.545. The number of aryl methyl sites for hydroxylation is 1. The molecule has 1 aromatic rings. The van der Waals surface area contributed by atoms with E-state index in [1.54, 1.807) is 12.3 Å². The van der Waals surface area contributed by atoms with Crippen LogP contribution in [0.2, 0.25) is 0 Å². The summed E-state index contributed by atoms with van der Waals surface area (Å²) < 4.78 is 0. The highest BCUT2D eigenvalue weighted by atomic mass is 16.3. The molecule has 5 N–H and O–H groups in total. The van der Waals surface area contributed by atoms with E-state index < -0.39 is 5.54 Å². The van der Waals surface area contributed by atoms with Crippen molar-refractivity contribution >= 4 is 11.5 Å². The van der Waals surface area contributed by atoms with Gasteiger partial charge in [0.25, 0.3) is 0 Å². The van der Waals surface area contributed by atoms with Crippen molar-refractivity contribution < 1.29 is 10.2 Å². The van der Waals surface area contributed by atoms with Gasteiger partial charge < -0.3 is 21.3 Å². The van der Waals surface area contributed by atoms with E-state index in [-0.39, 0.29) is 13.2 Å². The molecule has 16 heavy (non-hydrogen) atoms. The molecule has 0 amide bonds. The molecule has 90 valence electrons. The number of aromatic nitrogens is 1. The molecule has 0 atom stereocenters. The molecule has 0 unspecified atom stereocenters. The van der Waals surface area contributed by atoms with Gasteiger partial charge in [0.05, 0.1) is 30.6 Å². The monoisotopic (exact) mass is 225 g/mol. The van der Waals surface area contributed by atoms with Crippen molar-refractivity contribution in [2.24, 2.45) is 0 Å². The van der Waals surface area contributed by atoms with E-state index in [9.17, 15) is 10.2 Å². The van der Waals surface area contributed by atoms with Gasteiger partial charge >= 0.3 is 0 Å². The van der Waals surface area contributed by atoms with Crippen molar-refractivity contribution in [2.75, 3.05) is 24.3 Å². The minimum absolute atomic E-state index is 0.148. The van der Waals surface area contributed by atoms with Crippen molar-refractivity contribution in [3.8, 4) is 0 Å². The number of nitrogens with two attached hydrogens (primary N) is 1. The first-order chi connectivity index (χ1) is 7.56. The molecule has 0 radical (unpaired) electrons. The lowest BCUT2D eigenvalue weighted by molar-refractivity contribution is 0.132. The lowest BCUT2D eigenvalue weighted by Gasteiger charge is -2.30. The van der Waals surface area contributed by atoms with E-state index in [0.29, 0.717) is 17.9 Å². The molecular weight excluding hydrogens is 206 g/mol. The zero-order chi connectivity index (χ0) is 12.2. The molecule has 5 nitrogen and oxygen atoms in total. The second-order valence-corrected chi connectivity index (χ2v) is 4.00. The highest BCUT2D eigenvalue weighted by Gasteiger charge is 2.26. The predicted octanol–water partition coefficient (Wildman–Crippen LogP) is 0.518. The van der Waals surface area contributed by atoms with Gasteiger partial charge in [0.2, 0.25) is 0 Å². The lowest BCUT2D eigenvalue weighted by Crippen LogP contribution is -2.45. The molecule has 0 aromatic carbocycles. The molecule has 1 heterocycles. The number of nitrogens with one attached hydrogen (secondary N) is 1. The predicted molar refractivity (Wildman–Crippen MR) is 64.2 cm³/mol. The standard InChI is InChI=1S/C11H19N3O2/c1-3-11(6-15,7-16)14-10-4-8(2)9(12)5-13-10/h4-5,15-16H,3,6-7,12H2,1-2H3,(H,13,14). The van der Waals surface area contributed by atoms with Crippen molar-refractivity contribution in [1.82, 2.24) is 4.98 Å². The average Bonchev–Trinajstić information content (AvgIpc) is 2.31. The first kappa shape index (κ1) is 12.7. The van der Waals surface area contributed by atoms with E-state index in [1.807, 2.05) is 13.8 Å². The summed E-state index contributed by atoms with van der Waals surface area (Å²) in [5.74, 6) is 0.608. The minimum atomic E-state index is -0.727. The zero-order valence-corrected chi connectivity index (χ0v) is 9.70. The van der Waals surface area contributed by atoms with E-state index in [4.69, 9.17) is 5.73 Å². The van der Waals surface area contributed by atoms with Crippen LogP contribution in [0, 0.1) is 6.92 Å². The van der Waals surface area contributed by atoms with Gasteiger partial charge in [-0.2, -0.15) is 0 Å². The summed E-state index contributed by atoms with van der Waals surface area (Å²) in [6, 6.07) is 1.80. The Bertz CT molecular complexity index is 343. The Morgan fingerprint density at radius 1 is 1.44 bits per heavy atom. The first-order valence-corrected chi connectivity index (χ1v) is 5.29. The summed E-state index contributed by atoms with van der Waals surface area (Å²) in [6.07, 6.45) is 2.16. The minimum Gasteiger partial charge on any atom is -0.397 e. The molecule has 1 rings (SSSR count). The molecule has 0 fully saturated rings. The number of hydrogen-bond acceptors (Lipinski definition) is 5. The van der Waals surface area contributed by atoms with Crippen molar-refractivity contribution in [1.29, 1.82) is 0 Å². The zero-order valence-electron chi connectivity index (χ0n) is 9.70. The van der Waals surface area contributed by atoms with Crippen molar-refractivity contribution in [2.45, 2.75) is 25.8 Å². The summed E-state index contributed by atoms with van der Waals surface area (Å²) in [6.45, 7) is 3.48. The topological polar surface area (TPSA) is 91.4 Å². The number of aliphatic hydroxyl groups is 2. The van der Waals surface area contributed by atoms with E-state index >= 15 is 0 Å². The Labute approximate surface area is 95.3 Å². The molecular formula is C11H19N3O2. The van der Waals surface area contributed by atoms with Gasteiger partial charge in [0.1, 0.15) is 5.82 Å². The summed E-state index contributed by atoms with van der Waals surface area (Å²) in [4.78, 5) is 4.11. The summed E-state index contributed by atoms with van der Waals surface area (Å²) >= 11 is 0. The van der Waals surface area contributed by atoms with Gasteiger partial charge in [-0.3, -0.25) is 0 Å². The summed E-state index contributed by atoms with van der Waals surface area (Å²) in [5.41, 5.74) is 6.48. The highest BCUT2D eigenvalue weighted by molar-refractivity contribution is 5.51. The molecule has 5 heteroatoms. The largest absolute Gasteiger partial charge is 0.397 e. The van der Waals surface area contributed by atoms with Gasteiger partial charge in [-0.25, -0.2) is 4.98 Å². The maximum Gasteiger partial charge on any atom is 0.126 e. The van der Waals surface area contributed by atoms with Gasteiger partial charge in [0.15, 0.2) is 0 Å². The molecule has 0 aliphatic heterocycles. The fourth-order valence-electron chi connectivity index (χ4n) is 1.35. The Kier molecular flexibility index (Phi) is 4.09. The van der Waals surface area contributed by atoms with Crippen LogP contribution < -0.4 is 11.1 Å². The molecule has 0 aliphatic rings. The quantitative estimate of drug-likeness (QED) is 0.586. The second kappa shape index (κ2) is 5.14. The Balaban J connectivity index is 2.89. The first-order valence-electron chi connectivity index (χ1n) is 5.29. The van der Waals surface area contributed by atoms with Crippen molar-refractivity contribution in [3.63, 3.8) is 0 Å². The smallest absolute Gasteiger partial charge is 0.126 e. The Morgan fingerprint density at radius 2 is 2.06 bits per heavy atom. The lowest BCUT2D eigenvalue weighted by atomic mass is 9.98. The fourth-order valence-corrected chi connectivity index (χ4v) is 1.35. The number of nitrogens with zero attached hydrogens (tertiary/aromatic N) is 1. The molecule has 0 bridgehead atoms. The van der Waals surface area contributed by atoms with Crippen LogP contribution in [0.3, 0.4) is 0 Å². The van der Waals surface area contributed by atoms with Gasteiger partial charge in [-0.05, 0) is 25.0 Å². The van der Waals surface area contributed by atoms with Crippen LogP contribution in [-0.4, -0.2) is 33.9 Å². The van der Waals surface area contributed by atoms with Crippen LogP contribution in [0.4, 0.5) is 11.5 Å². The van der Waals surface area contributed by atoms with Gasteiger partial charge in [-0.1, -0.05) is 6.92 Å². The second-order valence-electron chi connectivity index (χ2n) is 4.00. The molecule has 1 aromatic heterocycles. The third-order valence-electron chi connectivity index (χ3n) is 2.83. The van der Waals surface area contributed by atoms with Crippen molar-refractivity contribution in [3.05, 3.63) is 17.8 Å².